The van der Waals surface area contributed by atoms with Crippen LogP contribution in [0.1, 0.15) is 0 Å². The van der Waals surface area contributed by atoms with Gasteiger partial charge in [0.05, 0.1) is 15.7 Å². The highest BCUT2D eigenvalue weighted by atomic mass is 35.5. The van der Waals surface area contributed by atoms with Crippen LogP contribution in [0, 0.1) is 0 Å². The number of halogens is 3. The Hall–Kier alpha value is -0.150. The van der Waals surface area contributed by atoms with E-state index in [0.29, 0.717) is 15.7 Å². The number of benzene rings is 1. The fraction of sp³-hybridized carbons (Fsp3) is 0. The van der Waals surface area contributed by atoms with E-state index in [0.717, 1.165) is 0 Å². The molecule has 1 rings (SSSR count). The molecule has 0 aliphatic rings. The summed E-state index contributed by atoms with van der Waals surface area (Å²) in [6.45, 7) is 0. The first-order chi connectivity index (χ1) is 5.25. The Labute approximate surface area is 79.5 Å². The Morgan fingerprint density at radius 3 is 2.09 bits per heavy atom. The molecular weight excluding hydrogens is 206 g/mol. The minimum Gasteiger partial charge on any atom is -0.305 e. The van der Waals surface area contributed by atoms with Gasteiger partial charge in [0.15, 0.2) is 0 Å². The van der Waals surface area contributed by atoms with E-state index in [-0.39, 0.29) is 0 Å². The van der Waals surface area contributed by atoms with E-state index in [4.69, 9.17) is 35.0 Å². The molecule has 0 fully saturated rings. The number of anilines is 1. The average molecular weight is 211 g/mol. The molecule has 0 heterocycles. The van der Waals surface area contributed by atoms with E-state index in [1.165, 1.54) is 0 Å². The molecule has 0 amide bonds. The summed E-state index contributed by atoms with van der Waals surface area (Å²) in [5.74, 6) is 0. The first kappa shape index (κ1) is 8.94. The van der Waals surface area contributed by atoms with Gasteiger partial charge >= 0.3 is 0 Å². The zero-order chi connectivity index (χ0) is 8.27. The summed E-state index contributed by atoms with van der Waals surface area (Å²) >= 11 is 16.7. The molecule has 0 aliphatic heterocycles. The van der Waals surface area contributed by atoms with Crippen LogP contribution >= 0.6 is 35.0 Å². The summed E-state index contributed by atoms with van der Waals surface area (Å²) in [5.41, 5.74) is 3.17. The van der Waals surface area contributed by atoms with Gasteiger partial charge in [-0.3, -0.25) is 0 Å². The van der Waals surface area contributed by atoms with Crippen molar-refractivity contribution >= 4 is 40.7 Å². The second-order valence-electron chi connectivity index (χ2n) is 1.82. The summed E-state index contributed by atoms with van der Waals surface area (Å²) in [6.07, 6.45) is 0. The third-order valence-electron chi connectivity index (χ3n) is 1.14. The van der Waals surface area contributed by atoms with E-state index in [1.807, 2.05) is 0 Å². The Bertz CT molecular complexity index is 231. The fourth-order valence-corrected chi connectivity index (χ4v) is 1.25. The minimum absolute atomic E-state index is 0.519. The molecule has 5 heteroatoms. The molecule has 0 saturated carbocycles. The summed E-state index contributed by atoms with van der Waals surface area (Å²) < 4.78 is 0. The van der Waals surface area contributed by atoms with Gasteiger partial charge in [0.25, 0.3) is 0 Å². The number of hydrogen-bond donors (Lipinski definition) is 2. The van der Waals surface area contributed by atoms with Crippen LogP contribution in [-0.4, -0.2) is 0 Å². The molecular formula is C6H5Cl3N2. The lowest BCUT2D eigenvalue weighted by molar-refractivity contribution is 1.20. The predicted octanol–water partition coefficient (Wildman–Crippen LogP) is 3.06. The molecule has 11 heavy (non-hydrogen) atoms. The van der Waals surface area contributed by atoms with E-state index < -0.39 is 0 Å². The summed E-state index contributed by atoms with van der Waals surface area (Å²) in [7, 11) is 0. The van der Waals surface area contributed by atoms with Crippen molar-refractivity contribution in [2.24, 2.45) is 0 Å². The maximum absolute atomic E-state index is 5.76. The fourth-order valence-electron chi connectivity index (χ4n) is 0.664. The SMILES string of the molecule is ClNNc1c(Cl)cccc1Cl. The first-order valence-electron chi connectivity index (χ1n) is 2.81. The number of hydrogen-bond acceptors (Lipinski definition) is 2. The minimum atomic E-state index is 0.519. The maximum atomic E-state index is 5.76. The van der Waals surface area contributed by atoms with Crippen molar-refractivity contribution in [1.82, 2.24) is 4.94 Å². The van der Waals surface area contributed by atoms with E-state index in [1.54, 1.807) is 18.2 Å². The van der Waals surface area contributed by atoms with Crippen LogP contribution in [0.15, 0.2) is 18.2 Å². The van der Waals surface area contributed by atoms with Gasteiger partial charge in [-0.1, -0.05) is 29.3 Å². The molecule has 0 aromatic heterocycles. The van der Waals surface area contributed by atoms with Crippen molar-refractivity contribution in [2.45, 2.75) is 0 Å². The molecule has 1 aromatic rings. The van der Waals surface area contributed by atoms with Crippen molar-refractivity contribution in [3.63, 3.8) is 0 Å². The topological polar surface area (TPSA) is 24.1 Å². The molecule has 0 spiro atoms. The lowest BCUT2D eigenvalue weighted by atomic mass is 10.3. The average Bonchev–Trinajstić information content (AvgIpc) is 1.97. The van der Waals surface area contributed by atoms with Gasteiger partial charge in [0.1, 0.15) is 0 Å². The van der Waals surface area contributed by atoms with Crippen LogP contribution in [0.25, 0.3) is 0 Å². The van der Waals surface area contributed by atoms with Crippen molar-refractivity contribution in [3.8, 4) is 0 Å². The predicted molar refractivity (Wildman–Crippen MR) is 49.1 cm³/mol. The van der Waals surface area contributed by atoms with Crippen molar-refractivity contribution in [3.05, 3.63) is 28.2 Å². The Morgan fingerprint density at radius 2 is 1.64 bits per heavy atom. The summed E-state index contributed by atoms with van der Waals surface area (Å²) in [6, 6.07) is 5.18. The zero-order valence-electron chi connectivity index (χ0n) is 5.37. The number of para-hydroxylation sites is 1. The van der Waals surface area contributed by atoms with E-state index >= 15 is 0 Å². The molecule has 1 aromatic carbocycles. The third kappa shape index (κ3) is 2.14. The van der Waals surface area contributed by atoms with E-state index in [9.17, 15) is 0 Å². The highest BCUT2D eigenvalue weighted by Crippen LogP contribution is 2.28. The smallest absolute Gasteiger partial charge is 0.0873 e. The van der Waals surface area contributed by atoms with Gasteiger partial charge in [-0.05, 0) is 23.9 Å². The molecule has 60 valence electrons. The molecule has 0 aliphatic carbocycles. The van der Waals surface area contributed by atoms with Crippen LogP contribution in [0.5, 0.6) is 0 Å². The van der Waals surface area contributed by atoms with Gasteiger partial charge in [-0.2, -0.15) is 0 Å². The van der Waals surface area contributed by atoms with Crippen LogP contribution in [0.4, 0.5) is 5.69 Å². The Morgan fingerprint density at radius 1 is 1.09 bits per heavy atom. The highest BCUT2D eigenvalue weighted by molar-refractivity contribution is 6.39. The standard InChI is InChI=1S/C6H5Cl3N2/c7-4-2-1-3-5(8)6(4)10-11-9/h1-3,10-11H. The van der Waals surface area contributed by atoms with Crippen LogP contribution < -0.4 is 10.4 Å². The first-order valence-corrected chi connectivity index (χ1v) is 3.94. The Kier molecular flexibility index (Phi) is 3.27. The van der Waals surface area contributed by atoms with Gasteiger partial charge in [-0.15, -0.1) is 4.94 Å². The van der Waals surface area contributed by atoms with Crippen molar-refractivity contribution < 1.29 is 0 Å². The second-order valence-corrected chi connectivity index (χ2v) is 2.82. The van der Waals surface area contributed by atoms with Crippen molar-refractivity contribution in [2.75, 3.05) is 5.43 Å². The highest BCUT2D eigenvalue weighted by Gasteiger charge is 2.02. The second kappa shape index (κ2) is 4.02. The molecule has 0 saturated heterocycles. The monoisotopic (exact) mass is 210 g/mol. The molecule has 2 N–H and O–H groups in total. The molecule has 0 atom stereocenters. The van der Waals surface area contributed by atoms with Crippen LogP contribution in [0.2, 0.25) is 10.0 Å². The quantitative estimate of drug-likeness (QED) is 0.580. The third-order valence-corrected chi connectivity index (χ3v) is 1.86. The van der Waals surface area contributed by atoms with Gasteiger partial charge in [-0.25, -0.2) is 0 Å². The number of rotatable bonds is 2. The summed E-state index contributed by atoms with van der Waals surface area (Å²) in [5, 5.41) is 1.04. The van der Waals surface area contributed by atoms with Gasteiger partial charge in [0, 0.05) is 0 Å². The van der Waals surface area contributed by atoms with Gasteiger partial charge < -0.3 is 5.43 Å². The van der Waals surface area contributed by atoms with Crippen LogP contribution in [-0.2, 0) is 0 Å². The van der Waals surface area contributed by atoms with Crippen molar-refractivity contribution in [1.29, 1.82) is 0 Å². The number of hydrazine groups is 1. The Balaban J connectivity index is 3.00. The normalized spacial score (nSPS) is 9.73. The van der Waals surface area contributed by atoms with Crippen LogP contribution in [0.3, 0.4) is 0 Å². The van der Waals surface area contributed by atoms with Gasteiger partial charge in [0.2, 0.25) is 0 Å². The maximum Gasteiger partial charge on any atom is 0.0873 e. The van der Waals surface area contributed by atoms with E-state index in [2.05, 4.69) is 10.4 Å². The molecule has 0 radical (unpaired) electrons. The summed E-state index contributed by atoms with van der Waals surface area (Å²) in [4.78, 5) is 2.22. The molecule has 0 unspecified atom stereocenters. The lowest BCUT2D eigenvalue weighted by Gasteiger charge is -2.05. The zero-order valence-corrected chi connectivity index (χ0v) is 7.63. The lowest BCUT2D eigenvalue weighted by Crippen LogP contribution is -2.09. The largest absolute Gasteiger partial charge is 0.305 e. The molecule has 2 nitrogen and oxygen atoms in total. The number of nitrogens with one attached hydrogen (secondary N) is 2. The molecule has 0 bridgehead atoms.